The van der Waals surface area contributed by atoms with E-state index in [4.69, 9.17) is 0 Å². The first-order chi connectivity index (χ1) is 10.2. The summed E-state index contributed by atoms with van der Waals surface area (Å²) in [5.41, 5.74) is 0.636. The molecule has 0 bridgehead atoms. The maximum absolute atomic E-state index is 12.8. The standard InChI is InChI=1S/C17H23FN2O/c18-15-7-5-14(6-8-15)17(21)4-2-9-19-11-12-20-10-1-3-16(20)13-19/h5-8,16H,1-4,9-13H2/p+2. The van der Waals surface area contributed by atoms with Gasteiger partial charge in [0.1, 0.15) is 31.5 Å². The van der Waals surface area contributed by atoms with Crippen molar-refractivity contribution in [3.63, 3.8) is 0 Å². The number of benzene rings is 1. The highest BCUT2D eigenvalue weighted by Gasteiger charge is 2.36. The van der Waals surface area contributed by atoms with E-state index in [0.29, 0.717) is 12.0 Å². The first-order valence-electron chi connectivity index (χ1n) is 8.19. The molecule has 3 rings (SSSR count). The molecular weight excluding hydrogens is 267 g/mol. The Kier molecular flexibility index (Phi) is 4.66. The fourth-order valence-electron chi connectivity index (χ4n) is 3.85. The van der Waals surface area contributed by atoms with Crippen molar-refractivity contribution >= 4 is 5.78 Å². The van der Waals surface area contributed by atoms with Gasteiger partial charge in [-0.1, -0.05) is 0 Å². The monoisotopic (exact) mass is 292 g/mol. The van der Waals surface area contributed by atoms with Crippen LogP contribution in [0.5, 0.6) is 0 Å². The lowest BCUT2D eigenvalue weighted by atomic mass is 10.1. The number of piperazine rings is 1. The molecule has 0 aromatic heterocycles. The number of rotatable bonds is 5. The Morgan fingerprint density at radius 2 is 2.00 bits per heavy atom. The quantitative estimate of drug-likeness (QED) is 0.718. The third-order valence-corrected chi connectivity index (χ3v) is 5.06. The van der Waals surface area contributed by atoms with E-state index in [1.807, 2.05) is 0 Å². The molecular formula is C17H25FN2O+2. The zero-order valence-electron chi connectivity index (χ0n) is 12.5. The average Bonchev–Trinajstić information content (AvgIpc) is 2.95. The number of fused-ring (bicyclic) bond motifs is 1. The third-order valence-electron chi connectivity index (χ3n) is 5.06. The molecule has 2 saturated heterocycles. The highest BCUT2D eigenvalue weighted by Crippen LogP contribution is 2.07. The number of carbonyl (C=O) groups is 1. The van der Waals surface area contributed by atoms with Gasteiger partial charge in [-0.3, -0.25) is 4.79 Å². The van der Waals surface area contributed by atoms with Gasteiger partial charge in [-0.2, -0.15) is 0 Å². The van der Waals surface area contributed by atoms with E-state index in [0.717, 1.165) is 19.0 Å². The molecule has 2 aliphatic rings. The van der Waals surface area contributed by atoms with Crippen LogP contribution >= 0.6 is 0 Å². The second-order valence-electron chi connectivity index (χ2n) is 6.49. The van der Waals surface area contributed by atoms with Gasteiger partial charge in [-0.25, -0.2) is 4.39 Å². The first-order valence-corrected chi connectivity index (χ1v) is 8.19. The highest BCUT2D eigenvalue weighted by molar-refractivity contribution is 5.95. The van der Waals surface area contributed by atoms with Gasteiger partial charge in [-0.05, 0) is 24.3 Å². The van der Waals surface area contributed by atoms with Crippen LogP contribution in [0.2, 0.25) is 0 Å². The number of hydrogen-bond donors (Lipinski definition) is 2. The molecule has 3 atom stereocenters. The summed E-state index contributed by atoms with van der Waals surface area (Å²) in [6, 6.07) is 6.76. The van der Waals surface area contributed by atoms with E-state index in [1.54, 1.807) is 21.9 Å². The van der Waals surface area contributed by atoms with E-state index in [9.17, 15) is 9.18 Å². The Morgan fingerprint density at radius 1 is 1.19 bits per heavy atom. The minimum Gasteiger partial charge on any atom is -0.325 e. The summed E-state index contributed by atoms with van der Waals surface area (Å²) in [5, 5.41) is 0. The van der Waals surface area contributed by atoms with Crippen molar-refractivity contribution in [2.24, 2.45) is 0 Å². The lowest BCUT2D eigenvalue weighted by Gasteiger charge is -2.32. The minimum atomic E-state index is -0.284. The molecule has 1 aromatic carbocycles. The van der Waals surface area contributed by atoms with Crippen LogP contribution < -0.4 is 9.80 Å². The third kappa shape index (κ3) is 3.69. The van der Waals surface area contributed by atoms with Crippen LogP contribution in [-0.4, -0.2) is 44.5 Å². The number of hydrogen-bond acceptors (Lipinski definition) is 1. The van der Waals surface area contributed by atoms with Gasteiger partial charge in [-0.15, -0.1) is 0 Å². The molecule has 2 fully saturated rings. The summed E-state index contributed by atoms with van der Waals surface area (Å²) in [7, 11) is 0. The van der Waals surface area contributed by atoms with Gasteiger partial charge < -0.3 is 9.80 Å². The smallest absolute Gasteiger partial charge is 0.163 e. The molecule has 3 unspecified atom stereocenters. The number of ketones is 1. The second-order valence-corrected chi connectivity index (χ2v) is 6.49. The number of Topliss-reactive ketones (excluding diaryl/α,β-unsaturated/α-hetero) is 1. The summed E-state index contributed by atoms with van der Waals surface area (Å²) in [6.45, 7) is 6.28. The van der Waals surface area contributed by atoms with Crippen LogP contribution in [0.4, 0.5) is 4.39 Å². The van der Waals surface area contributed by atoms with E-state index in [-0.39, 0.29) is 11.6 Å². The Balaban J connectivity index is 1.41. The van der Waals surface area contributed by atoms with E-state index < -0.39 is 0 Å². The summed E-state index contributed by atoms with van der Waals surface area (Å²) in [6.07, 6.45) is 4.29. The van der Waals surface area contributed by atoms with Crippen molar-refractivity contribution < 1.29 is 19.0 Å². The predicted molar refractivity (Wildman–Crippen MR) is 79.2 cm³/mol. The molecule has 2 N–H and O–H groups in total. The number of nitrogens with one attached hydrogen (secondary N) is 2. The van der Waals surface area contributed by atoms with Crippen LogP contribution in [0, 0.1) is 5.82 Å². The molecule has 2 heterocycles. The molecule has 4 heteroatoms. The fraction of sp³-hybridized carbons (Fsp3) is 0.588. The van der Waals surface area contributed by atoms with Crippen LogP contribution in [-0.2, 0) is 0 Å². The maximum atomic E-state index is 12.8. The van der Waals surface area contributed by atoms with Crippen LogP contribution in [0.15, 0.2) is 24.3 Å². The fourth-order valence-corrected chi connectivity index (χ4v) is 3.85. The molecule has 3 nitrogen and oxygen atoms in total. The zero-order valence-corrected chi connectivity index (χ0v) is 12.5. The summed E-state index contributed by atoms with van der Waals surface area (Å²) < 4.78 is 12.8. The molecule has 0 spiro atoms. The zero-order chi connectivity index (χ0) is 14.7. The van der Waals surface area contributed by atoms with Crippen molar-refractivity contribution in [3.8, 4) is 0 Å². The SMILES string of the molecule is O=C(CCC[NH+]1CC[NH+]2CCCC2C1)c1ccc(F)cc1. The summed E-state index contributed by atoms with van der Waals surface area (Å²) in [4.78, 5) is 15.5. The topological polar surface area (TPSA) is 26.0 Å². The minimum absolute atomic E-state index is 0.138. The maximum Gasteiger partial charge on any atom is 0.163 e. The normalized spacial score (nSPS) is 28.3. The van der Waals surface area contributed by atoms with Gasteiger partial charge in [0.15, 0.2) is 5.78 Å². The van der Waals surface area contributed by atoms with Crippen LogP contribution in [0.3, 0.4) is 0 Å². The van der Waals surface area contributed by atoms with Crippen molar-refractivity contribution in [1.29, 1.82) is 0 Å². The largest absolute Gasteiger partial charge is 0.325 e. The Labute approximate surface area is 125 Å². The second kappa shape index (κ2) is 6.67. The van der Waals surface area contributed by atoms with Gasteiger partial charge in [0.05, 0.1) is 13.1 Å². The van der Waals surface area contributed by atoms with Crippen molar-refractivity contribution in [2.75, 3.05) is 32.7 Å². The highest BCUT2D eigenvalue weighted by atomic mass is 19.1. The molecule has 114 valence electrons. The Bertz CT molecular complexity index is 488. The molecule has 0 aliphatic carbocycles. The van der Waals surface area contributed by atoms with Crippen molar-refractivity contribution in [3.05, 3.63) is 35.6 Å². The molecule has 0 saturated carbocycles. The lowest BCUT2D eigenvalue weighted by Crippen LogP contribution is -3.29. The van der Waals surface area contributed by atoms with Crippen molar-refractivity contribution in [1.82, 2.24) is 0 Å². The van der Waals surface area contributed by atoms with E-state index in [2.05, 4.69) is 0 Å². The van der Waals surface area contributed by atoms with E-state index in [1.165, 1.54) is 51.2 Å². The predicted octanol–water partition coefficient (Wildman–Crippen LogP) is -0.266. The van der Waals surface area contributed by atoms with Crippen LogP contribution in [0.25, 0.3) is 0 Å². The molecule has 0 radical (unpaired) electrons. The average molecular weight is 292 g/mol. The summed E-state index contributed by atoms with van der Waals surface area (Å²) >= 11 is 0. The molecule has 2 aliphatic heterocycles. The van der Waals surface area contributed by atoms with E-state index >= 15 is 0 Å². The van der Waals surface area contributed by atoms with Gasteiger partial charge >= 0.3 is 0 Å². The Morgan fingerprint density at radius 3 is 2.81 bits per heavy atom. The van der Waals surface area contributed by atoms with Crippen molar-refractivity contribution in [2.45, 2.75) is 31.7 Å². The number of halogens is 1. The summed E-state index contributed by atoms with van der Waals surface area (Å²) in [5.74, 6) is -0.146. The Hall–Kier alpha value is -1.26. The van der Waals surface area contributed by atoms with Crippen LogP contribution in [0.1, 0.15) is 36.0 Å². The molecule has 1 aromatic rings. The number of quaternary nitrogens is 2. The molecule has 0 amide bonds. The molecule has 21 heavy (non-hydrogen) atoms. The lowest BCUT2D eigenvalue weighted by molar-refractivity contribution is -1.02. The van der Waals surface area contributed by atoms with Gasteiger partial charge in [0.2, 0.25) is 0 Å². The number of carbonyl (C=O) groups excluding carboxylic acids is 1. The van der Waals surface area contributed by atoms with Gasteiger partial charge in [0.25, 0.3) is 0 Å². The first kappa shape index (κ1) is 14.7. The van der Waals surface area contributed by atoms with Gasteiger partial charge in [0, 0.05) is 31.2 Å².